The Balaban J connectivity index is 0. The van der Waals surface area contributed by atoms with Crippen LogP contribution in [0.3, 0.4) is 0 Å². The van der Waals surface area contributed by atoms with Gasteiger partial charge in [0.25, 0.3) is 5.91 Å². The van der Waals surface area contributed by atoms with E-state index in [-0.39, 0.29) is 41.4 Å². The van der Waals surface area contributed by atoms with Crippen LogP contribution in [0.25, 0.3) is 0 Å². The molecule has 0 aliphatic carbocycles. The quantitative estimate of drug-likeness (QED) is 0.204. The van der Waals surface area contributed by atoms with Gasteiger partial charge in [0.2, 0.25) is 5.91 Å². The standard InChI is InChI=1S/C15H10Cl3N5O2.C4H10B.C2H4.2CH4/c1-2-12(24)20-14-13(22-5-3-4-19-22)15(25)23(21-14)11-7-9(17)8(16)6-10(11)18;1-3-5-4-2;1-2;;/h2-7,13H,1H2,(H,20,21,24);3-4H2,1-2H3;1-2H2;2*1H4. The highest BCUT2D eigenvalue weighted by molar-refractivity contribution is 6.44. The van der Waals surface area contributed by atoms with E-state index in [1.54, 1.807) is 12.3 Å². The van der Waals surface area contributed by atoms with Gasteiger partial charge in [0.05, 0.1) is 20.8 Å². The summed E-state index contributed by atoms with van der Waals surface area (Å²) in [5, 5.41) is 12.4. The van der Waals surface area contributed by atoms with Crippen molar-refractivity contribution >= 4 is 65.4 Å². The van der Waals surface area contributed by atoms with Crippen molar-refractivity contribution in [1.82, 2.24) is 15.1 Å². The van der Waals surface area contributed by atoms with Crippen molar-refractivity contribution in [3.05, 3.63) is 71.5 Å². The summed E-state index contributed by atoms with van der Waals surface area (Å²) >= 11 is 18.1. The topological polar surface area (TPSA) is 79.6 Å². The Hall–Kier alpha value is -2.55. The number of hydrogen-bond acceptors (Lipinski definition) is 4. The molecule has 185 valence electrons. The van der Waals surface area contributed by atoms with E-state index in [2.05, 4.69) is 56.4 Å². The van der Waals surface area contributed by atoms with Crippen LogP contribution in [-0.2, 0) is 9.59 Å². The lowest BCUT2D eigenvalue weighted by Gasteiger charge is -2.16. The molecule has 1 N–H and O–H groups in total. The van der Waals surface area contributed by atoms with Crippen molar-refractivity contribution in [2.75, 3.05) is 5.01 Å². The molecule has 3 rings (SSSR count). The fourth-order valence-electron chi connectivity index (χ4n) is 2.52. The van der Waals surface area contributed by atoms with Crippen molar-refractivity contribution < 1.29 is 9.59 Å². The predicted octanol–water partition coefficient (Wildman–Crippen LogP) is 6.69. The smallest absolute Gasteiger partial charge is 0.280 e. The number of benzene rings is 1. The molecule has 1 aliphatic rings. The van der Waals surface area contributed by atoms with Crippen LogP contribution in [0.1, 0.15) is 34.7 Å². The van der Waals surface area contributed by atoms with Crippen LogP contribution in [-0.4, -0.2) is 34.7 Å². The SMILES string of the molecule is C.C.C=C.C=CC(=O)NC1=NN(c2cc(Cl)c(Cl)cc2Cl)C(=O)C1n1cccn1.CC[B]CC. The first-order valence-corrected chi connectivity index (χ1v) is 10.8. The molecule has 2 amide bonds. The van der Waals surface area contributed by atoms with Crippen LogP contribution >= 0.6 is 34.8 Å². The summed E-state index contributed by atoms with van der Waals surface area (Å²) in [6.07, 6.45) is 6.60. The van der Waals surface area contributed by atoms with Crippen LogP contribution in [0.2, 0.25) is 27.7 Å². The average Bonchev–Trinajstić information content (AvgIpc) is 3.41. The molecule has 2 aromatic rings. The van der Waals surface area contributed by atoms with Gasteiger partial charge in [-0.25, -0.2) is 0 Å². The van der Waals surface area contributed by atoms with Crippen molar-refractivity contribution in [1.29, 1.82) is 0 Å². The predicted molar refractivity (Wildman–Crippen MR) is 147 cm³/mol. The second-order valence-electron chi connectivity index (χ2n) is 6.04. The van der Waals surface area contributed by atoms with E-state index in [0.29, 0.717) is 0 Å². The normalized spacial score (nSPS) is 13.6. The Morgan fingerprint density at radius 3 is 2.21 bits per heavy atom. The molecule has 0 spiro atoms. The van der Waals surface area contributed by atoms with Gasteiger partial charge in [-0.1, -0.05) is 82.7 Å². The number of carbonyl (C=O) groups is 2. The lowest BCUT2D eigenvalue weighted by molar-refractivity contribution is -0.119. The van der Waals surface area contributed by atoms with E-state index in [1.165, 1.54) is 35.7 Å². The number of hydrogen-bond donors (Lipinski definition) is 1. The zero-order valence-electron chi connectivity index (χ0n) is 17.9. The minimum atomic E-state index is -0.954. The van der Waals surface area contributed by atoms with Crippen LogP contribution in [0.5, 0.6) is 0 Å². The molecule has 0 saturated carbocycles. The number of nitrogens with one attached hydrogen (secondary N) is 1. The zero-order valence-corrected chi connectivity index (χ0v) is 20.2. The van der Waals surface area contributed by atoms with E-state index in [1.807, 2.05) is 0 Å². The molecular formula is C23H32BCl3N5O2. The van der Waals surface area contributed by atoms with E-state index >= 15 is 0 Å². The van der Waals surface area contributed by atoms with Crippen molar-refractivity contribution in [3.8, 4) is 0 Å². The van der Waals surface area contributed by atoms with E-state index in [9.17, 15) is 9.59 Å². The summed E-state index contributed by atoms with van der Waals surface area (Å²) in [6.45, 7) is 13.7. The minimum absolute atomic E-state index is 0. The summed E-state index contributed by atoms with van der Waals surface area (Å²) in [4.78, 5) is 24.5. The van der Waals surface area contributed by atoms with Crippen LogP contribution in [0.15, 0.2) is 61.5 Å². The van der Waals surface area contributed by atoms with Gasteiger partial charge in [0.15, 0.2) is 11.9 Å². The number of aromatic nitrogens is 2. The number of carbonyl (C=O) groups excluding carboxylic acids is 2. The Morgan fingerprint density at radius 2 is 1.74 bits per heavy atom. The van der Waals surface area contributed by atoms with E-state index in [0.717, 1.165) is 11.1 Å². The largest absolute Gasteiger partial charge is 0.307 e. The third-order valence-corrected chi connectivity index (χ3v) is 4.96. The maximum atomic E-state index is 12.9. The number of amidine groups is 1. The first-order chi connectivity index (χ1) is 15.3. The van der Waals surface area contributed by atoms with Gasteiger partial charge in [-0.15, -0.1) is 18.3 Å². The first-order valence-electron chi connectivity index (χ1n) is 9.65. The van der Waals surface area contributed by atoms with Gasteiger partial charge in [-0.05, 0) is 24.3 Å². The molecule has 11 heteroatoms. The molecule has 34 heavy (non-hydrogen) atoms. The molecule has 1 aromatic carbocycles. The molecule has 0 bridgehead atoms. The first kappa shape index (κ1) is 33.6. The van der Waals surface area contributed by atoms with E-state index < -0.39 is 17.9 Å². The second kappa shape index (κ2) is 17.0. The zero-order chi connectivity index (χ0) is 24.3. The van der Waals surface area contributed by atoms with Crippen LogP contribution in [0.4, 0.5) is 5.69 Å². The number of halogens is 3. The maximum absolute atomic E-state index is 12.9. The molecule has 1 atom stereocenters. The third kappa shape index (κ3) is 8.67. The molecular weight excluding hydrogens is 495 g/mol. The summed E-state index contributed by atoms with van der Waals surface area (Å²) in [6, 6.07) is 3.53. The van der Waals surface area contributed by atoms with Crippen LogP contribution < -0.4 is 10.3 Å². The fourth-order valence-corrected chi connectivity index (χ4v) is 3.14. The highest BCUT2D eigenvalue weighted by atomic mass is 35.5. The van der Waals surface area contributed by atoms with Gasteiger partial charge in [0.1, 0.15) is 7.28 Å². The van der Waals surface area contributed by atoms with Gasteiger partial charge in [-0.3, -0.25) is 14.3 Å². The number of nitrogens with zero attached hydrogens (tertiary/aromatic N) is 4. The maximum Gasteiger partial charge on any atom is 0.280 e. The molecule has 0 saturated heterocycles. The lowest BCUT2D eigenvalue weighted by atomic mass is 9.73. The van der Waals surface area contributed by atoms with Gasteiger partial charge in [-0.2, -0.15) is 10.1 Å². The van der Waals surface area contributed by atoms with Crippen molar-refractivity contribution in [2.24, 2.45) is 5.10 Å². The Kier molecular flexibility index (Phi) is 16.8. The van der Waals surface area contributed by atoms with Gasteiger partial charge >= 0.3 is 0 Å². The molecule has 2 heterocycles. The average molecular weight is 528 g/mol. The summed E-state index contributed by atoms with van der Waals surface area (Å²) < 4.78 is 1.37. The van der Waals surface area contributed by atoms with E-state index in [4.69, 9.17) is 34.8 Å². The Labute approximate surface area is 218 Å². The number of hydrazone groups is 1. The van der Waals surface area contributed by atoms with Crippen molar-refractivity contribution in [3.63, 3.8) is 0 Å². The summed E-state index contributed by atoms with van der Waals surface area (Å²) in [7, 11) is 2.25. The number of rotatable bonds is 5. The molecule has 7 nitrogen and oxygen atoms in total. The number of amides is 2. The van der Waals surface area contributed by atoms with Crippen LogP contribution in [0, 0.1) is 0 Å². The molecule has 1 aromatic heterocycles. The fraction of sp³-hybridized carbons (Fsp3) is 0.304. The molecule has 1 aliphatic heterocycles. The summed E-state index contributed by atoms with van der Waals surface area (Å²) in [5.41, 5.74) is 0.237. The van der Waals surface area contributed by atoms with Crippen molar-refractivity contribution in [2.45, 2.75) is 47.4 Å². The molecule has 0 fully saturated rings. The molecule has 1 unspecified atom stereocenters. The highest BCUT2D eigenvalue weighted by Crippen LogP contribution is 2.37. The highest BCUT2D eigenvalue weighted by Gasteiger charge is 2.40. The Morgan fingerprint density at radius 1 is 1.15 bits per heavy atom. The van der Waals surface area contributed by atoms with Gasteiger partial charge in [0, 0.05) is 12.4 Å². The van der Waals surface area contributed by atoms with Gasteiger partial charge < -0.3 is 5.32 Å². The third-order valence-electron chi connectivity index (χ3n) is 3.93. The summed E-state index contributed by atoms with van der Waals surface area (Å²) in [5.74, 6) is -0.894. The number of anilines is 1. The Bertz CT molecular complexity index is 966. The second-order valence-corrected chi connectivity index (χ2v) is 7.26. The lowest BCUT2D eigenvalue weighted by Crippen LogP contribution is -2.37. The molecule has 1 radical (unpaired) electrons. The monoisotopic (exact) mass is 526 g/mol. The minimum Gasteiger partial charge on any atom is -0.307 e.